The first kappa shape index (κ1) is 13.0. The molecule has 1 fully saturated rings. The summed E-state index contributed by atoms with van der Waals surface area (Å²) in [7, 11) is 0. The minimum Gasteiger partial charge on any atom is -0.492 e. The Morgan fingerprint density at radius 3 is 2.95 bits per heavy atom. The van der Waals surface area contributed by atoms with Crippen LogP contribution in [-0.4, -0.2) is 25.1 Å². The molecule has 6 heteroatoms. The fourth-order valence-electron chi connectivity index (χ4n) is 2.61. The molecule has 19 heavy (non-hydrogen) atoms. The number of hydrogen-bond acceptors (Lipinski definition) is 3. The average molecular weight is 301 g/mol. The van der Waals surface area contributed by atoms with E-state index < -0.39 is 0 Å². The Hall–Kier alpha value is -0.970. The molecule has 2 atom stereocenters. The fraction of sp³-hybridized carbons (Fsp3) is 0.462. The van der Waals surface area contributed by atoms with Crippen LogP contribution in [-0.2, 0) is 4.79 Å². The summed E-state index contributed by atoms with van der Waals surface area (Å²) in [4.78, 5) is 11.2. The van der Waals surface area contributed by atoms with Crippen molar-refractivity contribution in [2.75, 3.05) is 13.2 Å². The molecule has 0 aromatic heterocycles. The van der Waals surface area contributed by atoms with Gasteiger partial charge in [0.15, 0.2) is 0 Å². The maximum absolute atomic E-state index is 11.2. The van der Waals surface area contributed by atoms with Crippen molar-refractivity contribution in [3.63, 3.8) is 0 Å². The lowest BCUT2D eigenvalue weighted by atomic mass is 9.99. The monoisotopic (exact) mass is 300 g/mol. The van der Waals surface area contributed by atoms with Crippen LogP contribution in [0.2, 0.25) is 10.0 Å². The van der Waals surface area contributed by atoms with Crippen molar-refractivity contribution in [2.45, 2.75) is 24.9 Å². The van der Waals surface area contributed by atoms with E-state index in [2.05, 4.69) is 10.6 Å². The summed E-state index contributed by atoms with van der Waals surface area (Å²) in [5.41, 5.74) is 0.975. The van der Waals surface area contributed by atoms with E-state index in [4.69, 9.17) is 27.9 Å². The largest absolute Gasteiger partial charge is 0.492 e. The summed E-state index contributed by atoms with van der Waals surface area (Å²) in [6, 6.07) is 3.84. The highest BCUT2D eigenvalue weighted by molar-refractivity contribution is 6.35. The van der Waals surface area contributed by atoms with E-state index in [-0.39, 0.29) is 18.0 Å². The lowest BCUT2D eigenvalue weighted by molar-refractivity contribution is -0.119. The second kappa shape index (κ2) is 5.19. The van der Waals surface area contributed by atoms with E-state index >= 15 is 0 Å². The second-order valence-corrected chi connectivity index (χ2v) is 5.71. The molecule has 4 nitrogen and oxygen atoms in total. The number of amides is 1. The molecule has 0 aliphatic carbocycles. The van der Waals surface area contributed by atoms with Crippen LogP contribution in [0, 0.1) is 0 Å². The van der Waals surface area contributed by atoms with Gasteiger partial charge in [-0.2, -0.15) is 0 Å². The molecule has 0 saturated carbocycles. The SMILES string of the molecule is O=C1CC(NC2CCOc3c(Cl)cc(Cl)cc32)CN1. The van der Waals surface area contributed by atoms with E-state index in [9.17, 15) is 4.79 Å². The molecule has 2 aliphatic rings. The van der Waals surface area contributed by atoms with Gasteiger partial charge in [-0.1, -0.05) is 23.2 Å². The van der Waals surface area contributed by atoms with E-state index in [1.807, 2.05) is 6.07 Å². The first-order valence-electron chi connectivity index (χ1n) is 6.28. The number of hydrogen-bond donors (Lipinski definition) is 2. The van der Waals surface area contributed by atoms with Crippen LogP contribution in [0.15, 0.2) is 12.1 Å². The highest BCUT2D eigenvalue weighted by Gasteiger charge is 2.29. The quantitative estimate of drug-likeness (QED) is 0.881. The second-order valence-electron chi connectivity index (χ2n) is 4.87. The molecule has 2 unspecified atom stereocenters. The van der Waals surface area contributed by atoms with Crippen LogP contribution in [0.3, 0.4) is 0 Å². The standard InChI is InChI=1S/C13H14Cl2N2O2/c14-7-3-9-11(17-8-5-12(18)16-6-8)1-2-19-13(9)10(15)4-7/h3-4,8,11,17H,1-2,5-6H2,(H,16,18). The minimum atomic E-state index is 0.0916. The van der Waals surface area contributed by atoms with Crippen LogP contribution in [0.5, 0.6) is 5.75 Å². The lowest BCUT2D eigenvalue weighted by Gasteiger charge is -2.29. The van der Waals surface area contributed by atoms with Crippen LogP contribution in [0.25, 0.3) is 0 Å². The molecule has 1 amide bonds. The molecule has 2 heterocycles. The zero-order chi connectivity index (χ0) is 13.4. The van der Waals surface area contributed by atoms with Crippen LogP contribution in [0.1, 0.15) is 24.4 Å². The topological polar surface area (TPSA) is 50.4 Å². The molecule has 1 aromatic carbocycles. The van der Waals surface area contributed by atoms with Gasteiger partial charge in [-0.25, -0.2) is 0 Å². The number of halogens is 2. The Morgan fingerprint density at radius 1 is 1.37 bits per heavy atom. The van der Waals surface area contributed by atoms with Crippen LogP contribution >= 0.6 is 23.2 Å². The van der Waals surface area contributed by atoms with Gasteiger partial charge < -0.3 is 15.4 Å². The van der Waals surface area contributed by atoms with E-state index in [1.165, 1.54) is 0 Å². The Balaban J connectivity index is 1.83. The molecule has 3 rings (SSSR count). The molecule has 2 N–H and O–H groups in total. The molecule has 1 saturated heterocycles. The summed E-state index contributed by atoms with van der Waals surface area (Å²) in [6.45, 7) is 1.28. The van der Waals surface area contributed by atoms with Crippen LogP contribution in [0.4, 0.5) is 0 Å². The van der Waals surface area contributed by atoms with Gasteiger partial charge in [0.2, 0.25) is 5.91 Å². The van der Waals surface area contributed by atoms with Gasteiger partial charge in [-0.15, -0.1) is 0 Å². The predicted molar refractivity (Wildman–Crippen MR) is 73.9 cm³/mol. The van der Waals surface area contributed by atoms with Crippen molar-refractivity contribution in [1.29, 1.82) is 0 Å². The van der Waals surface area contributed by atoms with Gasteiger partial charge >= 0.3 is 0 Å². The number of rotatable bonds is 2. The number of fused-ring (bicyclic) bond motifs is 1. The first-order chi connectivity index (χ1) is 9.13. The Kier molecular flexibility index (Phi) is 3.56. The van der Waals surface area contributed by atoms with Crippen molar-refractivity contribution in [3.05, 3.63) is 27.7 Å². The summed E-state index contributed by atoms with van der Waals surface area (Å²) in [5.74, 6) is 0.793. The normalized spacial score (nSPS) is 25.7. The van der Waals surface area contributed by atoms with Crippen molar-refractivity contribution < 1.29 is 9.53 Å². The zero-order valence-corrected chi connectivity index (χ0v) is 11.7. The van der Waals surface area contributed by atoms with Gasteiger partial charge in [-0.05, 0) is 12.1 Å². The Labute approximate surface area is 121 Å². The maximum atomic E-state index is 11.2. The Morgan fingerprint density at radius 2 is 2.21 bits per heavy atom. The molecule has 2 aliphatic heterocycles. The number of carbonyl (C=O) groups is 1. The van der Waals surface area contributed by atoms with Gasteiger partial charge in [0.05, 0.1) is 11.6 Å². The van der Waals surface area contributed by atoms with E-state index in [0.29, 0.717) is 35.4 Å². The van der Waals surface area contributed by atoms with Gasteiger partial charge in [0.1, 0.15) is 5.75 Å². The molecular weight excluding hydrogens is 287 g/mol. The number of carbonyl (C=O) groups excluding carboxylic acids is 1. The molecule has 102 valence electrons. The number of nitrogens with one attached hydrogen (secondary N) is 2. The summed E-state index contributed by atoms with van der Waals surface area (Å²) < 4.78 is 5.61. The Bertz CT molecular complexity index is 522. The third kappa shape index (κ3) is 2.66. The third-order valence-corrected chi connectivity index (χ3v) is 3.98. The smallest absolute Gasteiger partial charge is 0.221 e. The first-order valence-corrected chi connectivity index (χ1v) is 7.03. The lowest BCUT2D eigenvalue weighted by Crippen LogP contribution is -2.36. The van der Waals surface area contributed by atoms with Crippen molar-refractivity contribution in [1.82, 2.24) is 10.6 Å². The molecule has 0 radical (unpaired) electrons. The summed E-state index contributed by atoms with van der Waals surface area (Å²) in [5, 5.41) is 7.43. The minimum absolute atomic E-state index is 0.0916. The van der Waals surface area contributed by atoms with E-state index in [1.54, 1.807) is 6.07 Å². The number of benzene rings is 1. The highest BCUT2D eigenvalue weighted by Crippen LogP contribution is 2.40. The van der Waals surface area contributed by atoms with Crippen molar-refractivity contribution in [2.24, 2.45) is 0 Å². The van der Waals surface area contributed by atoms with E-state index in [0.717, 1.165) is 12.0 Å². The van der Waals surface area contributed by atoms with Gasteiger partial charge in [0, 0.05) is 42.1 Å². The van der Waals surface area contributed by atoms with Crippen molar-refractivity contribution in [3.8, 4) is 5.75 Å². The van der Waals surface area contributed by atoms with Crippen LogP contribution < -0.4 is 15.4 Å². The number of ether oxygens (including phenoxy) is 1. The third-order valence-electron chi connectivity index (χ3n) is 3.48. The molecule has 0 spiro atoms. The summed E-state index contributed by atoms with van der Waals surface area (Å²) in [6.07, 6.45) is 1.36. The van der Waals surface area contributed by atoms with Gasteiger partial charge in [0.25, 0.3) is 0 Å². The van der Waals surface area contributed by atoms with Crippen molar-refractivity contribution >= 4 is 29.1 Å². The molecular formula is C13H14Cl2N2O2. The predicted octanol–water partition coefficient (Wildman–Crippen LogP) is 2.30. The molecule has 0 bridgehead atoms. The zero-order valence-electron chi connectivity index (χ0n) is 10.2. The van der Waals surface area contributed by atoms with Gasteiger partial charge in [-0.3, -0.25) is 4.79 Å². The highest BCUT2D eigenvalue weighted by atomic mass is 35.5. The summed E-state index contributed by atoms with van der Waals surface area (Å²) >= 11 is 12.2. The average Bonchev–Trinajstić information content (AvgIpc) is 2.76. The maximum Gasteiger partial charge on any atom is 0.221 e. The fourth-order valence-corrected chi connectivity index (χ4v) is 3.17. The molecule has 1 aromatic rings.